The molecule has 1 spiro atoms. The fourth-order valence-electron chi connectivity index (χ4n) is 5.74. The summed E-state index contributed by atoms with van der Waals surface area (Å²) in [4.78, 5) is 28.4. The molecule has 3 heterocycles. The normalized spacial score (nSPS) is 22.8. The van der Waals surface area contributed by atoms with Gasteiger partial charge in [0.15, 0.2) is 0 Å². The van der Waals surface area contributed by atoms with Gasteiger partial charge in [0, 0.05) is 48.4 Å². The fourth-order valence-corrected chi connectivity index (χ4v) is 5.74. The number of anilines is 3. The highest BCUT2D eigenvalue weighted by atomic mass is 19.1. The smallest absolute Gasteiger partial charge is 0.410 e. The van der Waals surface area contributed by atoms with Crippen molar-refractivity contribution in [2.45, 2.75) is 77.0 Å². The SMILES string of the molecule is C[C@@H]1CN(c2ncnc3c2C2(CCC2)CN3c2cc(F)cc(C#N)c2)[C@@H](C)CN1C(=O)OC(C)(C)C. The van der Waals surface area contributed by atoms with Gasteiger partial charge in [-0.1, -0.05) is 6.42 Å². The van der Waals surface area contributed by atoms with Crippen molar-refractivity contribution in [1.29, 1.82) is 5.26 Å². The minimum Gasteiger partial charge on any atom is -0.444 e. The van der Waals surface area contributed by atoms with Crippen LogP contribution in [0, 0.1) is 17.1 Å². The summed E-state index contributed by atoms with van der Waals surface area (Å²) in [6.45, 7) is 11.6. The second-order valence-corrected chi connectivity index (χ2v) is 11.4. The second kappa shape index (κ2) is 8.61. The summed E-state index contributed by atoms with van der Waals surface area (Å²) in [5.41, 5.74) is 1.38. The van der Waals surface area contributed by atoms with Crippen LogP contribution in [0.3, 0.4) is 0 Å². The number of benzene rings is 1. The number of hydrogen-bond acceptors (Lipinski definition) is 7. The van der Waals surface area contributed by atoms with Crippen molar-refractivity contribution in [2.75, 3.05) is 29.4 Å². The molecule has 36 heavy (non-hydrogen) atoms. The zero-order chi connectivity index (χ0) is 25.8. The molecule has 1 amide bonds. The van der Waals surface area contributed by atoms with Crippen molar-refractivity contribution in [3.8, 4) is 6.07 Å². The average molecular weight is 493 g/mol. The van der Waals surface area contributed by atoms with Crippen LogP contribution in [-0.4, -0.2) is 58.3 Å². The van der Waals surface area contributed by atoms with Gasteiger partial charge in [-0.25, -0.2) is 19.2 Å². The molecule has 1 aliphatic carbocycles. The molecule has 8 nitrogen and oxygen atoms in total. The van der Waals surface area contributed by atoms with Crippen molar-refractivity contribution in [3.05, 3.63) is 41.5 Å². The number of halogens is 1. The molecule has 1 aromatic heterocycles. The van der Waals surface area contributed by atoms with Crippen LogP contribution in [0.2, 0.25) is 0 Å². The number of nitriles is 1. The first-order chi connectivity index (χ1) is 17.0. The maximum atomic E-state index is 14.3. The second-order valence-electron chi connectivity index (χ2n) is 11.4. The standard InChI is InChI=1S/C27H33FN6O2/c1-17-14-33(25(35)36-26(3,4)5)18(2)13-32(17)23-22-24(31-16-30-23)34(15-27(22)7-6-8-27)21-10-19(12-29)9-20(28)11-21/h9-11,16-18H,6-8,13-15H2,1-5H3/t17-,18+/m0/s1. The molecule has 3 aliphatic rings. The predicted molar refractivity (Wildman–Crippen MR) is 135 cm³/mol. The predicted octanol–water partition coefficient (Wildman–Crippen LogP) is 4.89. The topological polar surface area (TPSA) is 85.6 Å². The largest absolute Gasteiger partial charge is 0.444 e. The minimum absolute atomic E-state index is 0.0262. The van der Waals surface area contributed by atoms with E-state index in [0.29, 0.717) is 25.3 Å². The Morgan fingerprint density at radius 2 is 1.86 bits per heavy atom. The Labute approximate surface area is 211 Å². The molecule has 1 saturated heterocycles. The molecule has 9 heteroatoms. The Morgan fingerprint density at radius 3 is 2.50 bits per heavy atom. The number of piperazine rings is 1. The fraction of sp³-hybridized carbons (Fsp3) is 0.556. The van der Waals surface area contributed by atoms with Crippen LogP contribution < -0.4 is 9.80 Å². The van der Waals surface area contributed by atoms with Gasteiger partial charge in [-0.05, 0) is 65.7 Å². The zero-order valence-corrected chi connectivity index (χ0v) is 21.6. The van der Waals surface area contributed by atoms with E-state index in [1.54, 1.807) is 17.3 Å². The maximum Gasteiger partial charge on any atom is 0.410 e. The molecule has 0 radical (unpaired) electrons. The number of carbonyl (C=O) groups is 1. The van der Waals surface area contributed by atoms with E-state index in [0.717, 1.165) is 36.5 Å². The lowest BCUT2D eigenvalue weighted by molar-refractivity contribution is 0.0129. The van der Waals surface area contributed by atoms with Gasteiger partial charge in [-0.3, -0.25) is 0 Å². The van der Waals surface area contributed by atoms with Gasteiger partial charge in [0.1, 0.15) is 29.4 Å². The lowest BCUT2D eigenvalue weighted by atomic mass is 9.66. The van der Waals surface area contributed by atoms with E-state index in [9.17, 15) is 14.4 Å². The van der Waals surface area contributed by atoms with Crippen molar-refractivity contribution in [1.82, 2.24) is 14.9 Å². The first-order valence-corrected chi connectivity index (χ1v) is 12.6. The molecule has 1 aromatic carbocycles. The van der Waals surface area contributed by atoms with Gasteiger partial charge in [-0.15, -0.1) is 0 Å². The Morgan fingerprint density at radius 1 is 1.14 bits per heavy atom. The lowest BCUT2D eigenvalue weighted by Gasteiger charge is -2.46. The van der Waals surface area contributed by atoms with E-state index in [-0.39, 0.29) is 29.2 Å². The number of carbonyl (C=O) groups excluding carboxylic acids is 1. The first-order valence-electron chi connectivity index (χ1n) is 12.6. The van der Waals surface area contributed by atoms with Crippen LogP contribution in [-0.2, 0) is 10.2 Å². The highest BCUT2D eigenvalue weighted by molar-refractivity contribution is 5.77. The van der Waals surface area contributed by atoms with E-state index >= 15 is 0 Å². The number of fused-ring (bicyclic) bond motifs is 2. The molecule has 2 atom stereocenters. The van der Waals surface area contributed by atoms with Gasteiger partial charge in [0.2, 0.25) is 0 Å². The molecule has 0 unspecified atom stereocenters. The quantitative estimate of drug-likeness (QED) is 0.590. The van der Waals surface area contributed by atoms with Crippen LogP contribution in [0.5, 0.6) is 0 Å². The summed E-state index contributed by atoms with van der Waals surface area (Å²) in [7, 11) is 0. The molecular weight excluding hydrogens is 459 g/mol. The van der Waals surface area contributed by atoms with Gasteiger partial charge in [0.05, 0.1) is 11.6 Å². The van der Waals surface area contributed by atoms with Gasteiger partial charge < -0.3 is 19.4 Å². The number of rotatable bonds is 2. The highest BCUT2D eigenvalue weighted by Gasteiger charge is 2.51. The summed E-state index contributed by atoms with van der Waals surface area (Å²) >= 11 is 0. The van der Waals surface area contributed by atoms with E-state index in [1.165, 1.54) is 12.1 Å². The Hall–Kier alpha value is -3.41. The highest BCUT2D eigenvalue weighted by Crippen LogP contribution is 2.56. The molecule has 2 aliphatic heterocycles. The summed E-state index contributed by atoms with van der Waals surface area (Å²) in [6, 6.07) is 6.46. The maximum absolute atomic E-state index is 14.3. The van der Waals surface area contributed by atoms with E-state index in [1.807, 2.05) is 32.6 Å². The van der Waals surface area contributed by atoms with E-state index in [2.05, 4.69) is 22.9 Å². The molecule has 1 saturated carbocycles. The number of nitrogens with zero attached hydrogens (tertiary/aromatic N) is 6. The number of hydrogen-bond donors (Lipinski definition) is 0. The molecule has 2 fully saturated rings. The average Bonchev–Trinajstić information content (AvgIpc) is 3.15. The molecule has 2 aromatic rings. The summed E-state index contributed by atoms with van der Waals surface area (Å²) in [5.74, 6) is 1.24. The molecule has 5 rings (SSSR count). The van der Waals surface area contributed by atoms with Crippen LogP contribution in [0.1, 0.15) is 65.0 Å². The third kappa shape index (κ3) is 4.12. The van der Waals surface area contributed by atoms with Gasteiger partial charge >= 0.3 is 6.09 Å². The molecular formula is C27H33FN6O2. The zero-order valence-electron chi connectivity index (χ0n) is 21.6. The monoisotopic (exact) mass is 492 g/mol. The van der Waals surface area contributed by atoms with Crippen molar-refractivity contribution < 1.29 is 13.9 Å². The Kier molecular flexibility index (Phi) is 5.81. The van der Waals surface area contributed by atoms with Crippen LogP contribution in [0.25, 0.3) is 0 Å². The van der Waals surface area contributed by atoms with Crippen molar-refractivity contribution in [2.24, 2.45) is 0 Å². The van der Waals surface area contributed by atoms with Gasteiger partial charge in [0.25, 0.3) is 0 Å². The summed E-state index contributed by atoms with van der Waals surface area (Å²) in [6.07, 6.45) is 4.42. The Bertz CT molecular complexity index is 1230. The molecule has 190 valence electrons. The van der Waals surface area contributed by atoms with E-state index < -0.39 is 11.4 Å². The van der Waals surface area contributed by atoms with Gasteiger partial charge in [-0.2, -0.15) is 5.26 Å². The molecule has 0 N–H and O–H groups in total. The summed E-state index contributed by atoms with van der Waals surface area (Å²) in [5, 5.41) is 9.37. The number of ether oxygens (including phenoxy) is 1. The number of amides is 1. The third-order valence-electron chi connectivity index (χ3n) is 7.57. The molecule has 0 bridgehead atoms. The van der Waals surface area contributed by atoms with E-state index in [4.69, 9.17) is 9.72 Å². The minimum atomic E-state index is -0.549. The van der Waals surface area contributed by atoms with Crippen molar-refractivity contribution in [3.63, 3.8) is 0 Å². The van der Waals surface area contributed by atoms with Crippen LogP contribution in [0.15, 0.2) is 24.5 Å². The first kappa shape index (κ1) is 24.3. The lowest BCUT2D eigenvalue weighted by Crippen LogP contribution is -2.59. The number of aromatic nitrogens is 2. The summed E-state index contributed by atoms with van der Waals surface area (Å²) < 4.78 is 20.0. The Balaban J connectivity index is 1.50. The third-order valence-corrected chi connectivity index (χ3v) is 7.57. The van der Waals surface area contributed by atoms with Crippen LogP contribution in [0.4, 0.5) is 26.5 Å². The van der Waals surface area contributed by atoms with Crippen molar-refractivity contribution >= 4 is 23.4 Å². The van der Waals surface area contributed by atoms with Crippen LogP contribution >= 0.6 is 0 Å².